The van der Waals surface area contributed by atoms with E-state index in [1.165, 1.54) is 122 Å². The van der Waals surface area contributed by atoms with Crippen LogP contribution in [0.2, 0.25) is 0 Å². The van der Waals surface area contributed by atoms with Crippen molar-refractivity contribution in [2.75, 3.05) is 52.9 Å². The van der Waals surface area contributed by atoms with E-state index in [2.05, 4.69) is 35.1 Å². The van der Waals surface area contributed by atoms with E-state index >= 15 is 0 Å². The summed E-state index contributed by atoms with van der Waals surface area (Å²) in [4.78, 5) is 66.3. The molecular weight excluding hydrogens is 1920 g/mol. The lowest BCUT2D eigenvalue weighted by molar-refractivity contribution is -0.400. The molecule has 8 aliphatic heterocycles. The minimum absolute atomic E-state index is 0.141. The summed E-state index contributed by atoms with van der Waals surface area (Å²) < 4.78 is 96.5. The van der Waals surface area contributed by atoms with E-state index in [-0.39, 0.29) is 12.3 Å². The number of aliphatic carboxylic acids is 1. The molecule has 43 atom stereocenters. The maximum Gasteiger partial charge on any atom is 0.364 e. The quantitative estimate of drug-likeness (QED) is 0.0199. The molecule has 28 N–H and O–H groups in total. The lowest BCUT2D eigenvalue weighted by atomic mass is 9.88. The minimum atomic E-state index is -3.33. The van der Waals surface area contributed by atoms with Gasteiger partial charge in [0.1, 0.15) is 183 Å². The fourth-order valence-electron chi connectivity index (χ4n) is 19.5. The Bertz CT molecular complexity index is 3660. The number of carbonyl (C=O) groups excluding carboxylic acids is 4. The molecule has 8 fully saturated rings. The zero-order valence-electron chi connectivity index (χ0n) is 83.3. The number of hydrogen-bond donors (Lipinski definition) is 28. The first-order chi connectivity index (χ1) is 68.8. The van der Waals surface area contributed by atoms with Crippen LogP contribution in [-0.4, -0.2) is 468 Å². The lowest BCUT2D eigenvalue weighted by Gasteiger charge is -2.52. The summed E-state index contributed by atoms with van der Waals surface area (Å²) >= 11 is 0. The summed E-state index contributed by atoms with van der Waals surface area (Å²) in [6.45, 7) is -0.206. The summed E-state index contributed by atoms with van der Waals surface area (Å²) in [5, 5.41) is 283. The van der Waals surface area contributed by atoms with Crippen molar-refractivity contribution in [1.82, 2.24) is 21.3 Å². The molecule has 0 radical (unpaired) electrons. The zero-order chi connectivity index (χ0) is 106. The standard InChI is InChI=1S/C95H168N4O45/c1-7-9-11-13-15-17-19-21-22-23-24-26-28-30-32-34-36-38-62(113)99-52(53(110)37-35-33-31-29-27-25-20-18-16-14-12-10-8-2)47-129-89-75(123)73(121)80(60(45-105)136-89)138-92-76(124)84(68(116)56(41-101)132-92)141-87-64(97-50(5)108)71(119)79(59(44-104)134-87)137-91-77(125)85(69(117)57(42-102)131-91)142-88-65(98-51(6)109)83(140-90-74(122)72(120)66(114)48(3)130-90)81(61(46-106)135-88)139-93-78(126)86(70(118)58(43-103)133-93)144-95(94(127)128)39-54(111)63(96-49(4)107)82(143-95)67(115)55(112)40-100/h35,37,48,52-61,63-93,100-106,110-112,114-126H,7-34,36,38-47H2,1-6H3,(H,96,107)(H,97,108)(H,98,109)(H,99,113)(H,127,128)/b37-35+/t48?,52-,53+,54?,55+,56?,57?,58?,59?,60?,61?,63+,64?,65?,66+,67+,68-,69-,70-,71+,72?,73+,74-,75?,76?,77?,78?,79+,80+,81+,82?,83+,84-,85-,86-,87-,88-,89+,90+,91-,92-,93-,95-/m0/s1. The number of amides is 4. The molecule has 0 saturated carbocycles. The van der Waals surface area contributed by atoms with Gasteiger partial charge in [-0.3, -0.25) is 19.2 Å². The van der Waals surface area contributed by atoms with E-state index in [4.69, 9.17) is 75.8 Å². The van der Waals surface area contributed by atoms with Gasteiger partial charge in [-0.2, -0.15) is 0 Å². The highest BCUT2D eigenvalue weighted by molar-refractivity contribution is 5.77. The molecule has 49 heteroatoms. The topological polar surface area (TPSA) is 767 Å². The Balaban J connectivity index is 0.962. The molecule has 838 valence electrons. The van der Waals surface area contributed by atoms with Gasteiger partial charge in [-0.15, -0.1) is 0 Å². The lowest BCUT2D eigenvalue weighted by Crippen LogP contribution is -2.72. The number of aliphatic hydroxyl groups excluding tert-OH is 23. The molecule has 8 saturated heterocycles. The van der Waals surface area contributed by atoms with Crippen LogP contribution in [-0.2, 0) is 99.8 Å². The first-order valence-electron chi connectivity index (χ1n) is 51.5. The Hall–Kier alpha value is -4.47. The molecule has 0 aromatic rings. The monoisotopic (exact) mass is 2090 g/mol. The predicted octanol–water partition coefficient (Wildman–Crippen LogP) is -5.62. The second kappa shape index (κ2) is 63.3. The average molecular weight is 2090 g/mol. The van der Waals surface area contributed by atoms with Gasteiger partial charge in [0, 0.05) is 33.6 Å². The molecular formula is C95H168N4O45. The van der Waals surface area contributed by atoms with Gasteiger partial charge in [0.2, 0.25) is 23.6 Å². The van der Waals surface area contributed by atoms with Crippen LogP contribution >= 0.6 is 0 Å². The van der Waals surface area contributed by atoms with Crippen LogP contribution in [0.25, 0.3) is 0 Å². The summed E-state index contributed by atoms with van der Waals surface area (Å²) in [7, 11) is 0. The van der Waals surface area contributed by atoms with Crippen molar-refractivity contribution >= 4 is 29.6 Å². The molecule has 0 bridgehead atoms. The van der Waals surface area contributed by atoms with E-state index in [1.54, 1.807) is 6.08 Å². The van der Waals surface area contributed by atoms with Gasteiger partial charge in [0.05, 0.1) is 83.3 Å². The van der Waals surface area contributed by atoms with Crippen molar-refractivity contribution in [3.63, 3.8) is 0 Å². The summed E-state index contributed by atoms with van der Waals surface area (Å²) in [5.41, 5.74) is 0. The number of hydrogen-bond acceptors (Lipinski definition) is 44. The van der Waals surface area contributed by atoms with Crippen LogP contribution in [0, 0.1) is 0 Å². The number of carboxylic acids is 1. The van der Waals surface area contributed by atoms with Crippen molar-refractivity contribution < 1.29 is 222 Å². The van der Waals surface area contributed by atoms with Crippen LogP contribution in [0.15, 0.2) is 12.2 Å². The molecule has 8 rings (SSSR count). The number of aliphatic hydroxyl groups is 23. The van der Waals surface area contributed by atoms with E-state index in [0.29, 0.717) is 12.8 Å². The molecule has 0 spiro atoms. The predicted molar refractivity (Wildman–Crippen MR) is 496 cm³/mol. The minimum Gasteiger partial charge on any atom is -0.477 e. The van der Waals surface area contributed by atoms with Crippen LogP contribution in [0.5, 0.6) is 0 Å². The van der Waals surface area contributed by atoms with E-state index < -0.39 is 346 Å². The average Bonchev–Trinajstić information content (AvgIpc) is 0.747. The first kappa shape index (κ1) is 125. The Morgan fingerprint density at radius 2 is 0.736 bits per heavy atom. The number of unbranched alkanes of at least 4 members (excludes halogenated alkanes) is 27. The van der Waals surface area contributed by atoms with Crippen molar-refractivity contribution in [3.05, 3.63) is 12.2 Å². The summed E-state index contributed by atoms with van der Waals surface area (Å²) in [6, 6.07) is -6.92. The van der Waals surface area contributed by atoms with E-state index in [1.807, 2.05) is 6.08 Å². The highest BCUT2D eigenvalue weighted by Crippen LogP contribution is 2.43. The van der Waals surface area contributed by atoms with Gasteiger partial charge >= 0.3 is 5.97 Å². The Morgan fingerprint density at radius 3 is 1.18 bits per heavy atom. The van der Waals surface area contributed by atoms with Crippen LogP contribution in [0.3, 0.4) is 0 Å². The maximum absolute atomic E-state index is 13.7. The third-order valence-electron chi connectivity index (χ3n) is 27.8. The Morgan fingerprint density at radius 1 is 0.375 bits per heavy atom. The number of carbonyl (C=O) groups is 5. The second-order valence-electron chi connectivity index (χ2n) is 39.1. The number of nitrogens with one attached hydrogen (secondary N) is 4. The smallest absolute Gasteiger partial charge is 0.364 e. The van der Waals surface area contributed by atoms with E-state index in [9.17, 15) is 147 Å². The molecule has 49 nitrogen and oxygen atoms in total. The van der Waals surface area contributed by atoms with Gasteiger partial charge in [-0.1, -0.05) is 193 Å². The molecule has 0 aliphatic carbocycles. The SMILES string of the molecule is CCCCCCCCCCCCC/C=C/[C@@H](O)[C@H](CO[C@@H]1OC(CO)[C@@H](O[C@@H]2OC(CO)[C@H](O)[C@H](O[C@@H]3OC(CO)[C@@H](O[C@@H]4OC(CO)[C@H](O)[C@H](O[C@@H]5OC(CO)[C@@H](O[C@@H]6OC(CO)[C@H](O)[C@H](O[C@]7(C(=O)O)CC(O)[C@@H](NC(C)=O)C([C@H](O)[C@H](O)CO)O7)C6O)[C@H](O[C@H]6OC(C)[C@@H](O)C(O)[C@@H]6O)C5NC(C)=O)C4O)[C@H](O)C3NC(C)=O)C2O)[C@H](O)C1O)NC(=O)CCCCCCCCCCCCCCCCCCC. The first-order valence-corrected chi connectivity index (χ1v) is 51.5. The second-order valence-corrected chi connectivity index (χ2v) is 39.1. The van der Waals surface area contributed by atoms with Crippen molar-refractivity contribution in [2.24, 2.45) is 0 Å². The largest absolute Gasteiger partial charge is 0.477 e. The molecule has 8 heterocycles. The number of rotatable bonds is 63. The zero-order valence-corrected chi connectivity index (χ0v) is 83.3. The van der Waals surface area contributed by atoms with Crippen LogP contribution in [0.1, 0.15) is 241 Å². The number of carboxylic acid groups (broad SMARTS) is 1. The third kappa shape index (κ3) is 35.3. The van der Waals surface area contributed by atoms with E-state index in [0.717, 1.165) is 78.6 Å². The highest BCUT2D eigenvalue weighted by atomic mass is 16.8. The molecule has 0 aromatic carbocycles. The fourth-order valence-corrected chi connectivity index (χ4v) is 19.5. The molecule has 144 heavy (non-hydrogen) atoms. The maximum atomic E-state index is 13.7. The van der Waals surface area contributed by atoms with Crippen molar-refractivity contribution in [2.45, 2.75) is 504 Å². The highest BCUT2D eigenvalue weighted by Gasteiger charge is 2.64. The van der Waals surface area contributed by atoms with Crippen molar-refractivity contribution in [1.29, 1.82) is 0 Å². The summed E-state index contributed by atoms with van der Waals surface area (Å²) in [5.74, 6) is -8.71. The Kier molecular flexibility index (Phi) is 54.8. The van der Waals surface area contributed by atoms with Crippen molar-refractivity contribution in [3.8, 4) is 0 Å². The van der Waals surface area contributed by atoms with Crippen LogP contribution < -0.4 is 21.3 Å². The number of ether oxygens (including phenoxy) is 16. The fraction of sp³-hybridized carbons (Fsp3) is 0.926. The number of allylic oxidation sites excluding steroid dienone is 1. The van der Waals surface area contributed by atoms with Gasteiger partial charge in [-0.05, 0) is 26.2 Å². The van der Waals surface area contributed by atoms with Crippen LogP contribution in [0.4, 0.5) is 0 Å². The van der Waals surface area contributed by atoms with Gasteiger partial charge in [0.25, 0.3) is 5.79 Å². The third-order valence-corrected chi connectivity index (χ3v) is 27.8. The van der Waals surface area contributed by atoms with Gasteiger partial charge in [-0.25, -0.2) is 4.79 Å². The Labute approximate surface area is 838 Å². The molecule has 4 amide bonds. The van der Waals surface area contributed by atoms with Gasteiger partial charge in [0.15, 0.2) is 44.0 Å². The molecule has 0 aromatic heterocycles. The normalized spacial score (nSPS) is 38.4. The van der Waals surface area contributed by atoms with Gasteiger partial charge < -0.3 is 220 Å². The molecule has 8 aliphatic rings. The molecule has 16 unspecified atom stereocenters. The summed E-state index contributed by atoms with van der Waals surface area (Å²) in [6.07, 6.45) is -44.6.